The fourth-order valence-electron chi connectivity index (χ4n) is 1.71. The van der Waals surface area contributed by atoms with Crippen LogP contribution in [0, 0.1) is 0 Å². The van der Waals surface area contributed by atoms with Crippen LogP contribution in [0.1, 0.15) is 18.5 Å². The summed E-state index contributed by atoms with van der Waals surface area (Å²) in [5.74, 6) is -0.242. The summed E-state index contributed by atoms with van der Waals surface area (Å²) in [6.07, 6.45) is -2.28. The molecule has 1 aromatic rings. The summed E-state index contributed by atoms with van der Waals surface area (Å²) in [5, 5.41) is 12.4. The standard InChI is InChI=1S/C14H19NO6/c1-4-21-14(18)15-11(12(16)13(17)20-3)9-5-7-10(19-2)8-6-9/h5-8,11-12,16H,4H2,1-3H3,(H,15,18)/t11-,12+/m1/s1. The Hall–Kier alpha value is -2.28. The van der Waals surface area contributed by atoms with Gasteiger partial charge in [-0.1, -0.05) is 12.1 Å². The number of carbonyl (C=O) groups is 2. The fraction of sp³-hybridized carbons (Fsp3) is 0.429. The Morgan fingerprint density at radius 3 is 2.33 bits per heavy atom. The second kappa shape index (κ2) is 8.11. The van der Waals surface area contributed by atoms with E-state index in [1.807, 2.05) is 0 Å². The first-order valence-corrected chi connectivity index (χ1v) is 6.36. The van der Waals surface area contributed by atoms with Crippen LogP contribution in [0.4, 0.5) is 4.79 Å². The minimum absolute atomic E-state index is 0.176. The van der Waals surface area contributed by atoms with Gasteiger partial charge in [0, 0.05) is 0 Å². The summed E-state index contributed by atoms with van der Waals surface area (Å²) in [5.41, 5.74) is 0.516. The first-order valence-electron chi connectivity index (χ1n) is 6.36. The van der Waals surface area contributed by atoms with Crippen molar-refractivity contribution in [3.05, 3.63) is 29.8 Å². The highest BCUT2D eigenvalue weighted by Crippen LogP contribution is 2.21. The van der Waals surface area contributed by atoms with E-state index in [0.717, 1.165) is 7.11 Å². The smallest absolute Gasteiger partial charge is 0.407 e. The summed E-state index contributed by atoms with van der Waals surface area (Å²) < 4.78 is 14.3. The molecule has 0 spiro atoms. The molecule has 116 valence electrons. The highest BCUT2D eigenvalue weighted by atomic mass is 16.6. The van der Waals surface area contributed by atoms with Gasteiger partial charge in [-0.2, -0.15) is 0 Å². The fourth-order valence-corrected chi connectivity index (χ4v) is 1.71. The first-order chi connectivity index (χ1) is 10.0. The van der Waals surface area contributed by atoms with Gasteiger partial charge in [0.05, 0.1) is 26.9 Å². The van der Waals surface area contributed by atoms with Crippen LogP contribution in [0.2, 0.25) is 0 Å². The van der Waals surface area contributed by atoms with E-state index in [0.29, 0.717) is 11.3 Å². The molecule has 1 amide bonds. The molecule has 0 saturated heterocycles. The molecule has 2 N–H and O–H groups in total. The van der Waals surface area contributed by atoms with E-state index < -0.39 is 24.2 Å². The van der Waals surface area contributed by atoms with Crippen molar-refractivity contribution in [3.8, 4) is 5.75 Å². The van der Waals surface area contributed by atoms with E-state index in [1.165, 1.54) is 7.11 Å². The monoisotopic (exact) mass is 297 g/mol. The van der Waals surface area contributed by atoms with Gasteiger partial charge in [-0.15, -0.1) is 0 Å². The predicted octanol–water partition coefficient (Wildman–Crippen LogP) is 1.02. The Labute approximate surface area is 122 Å². The van der Waals surface area contributed by atoms with Crippen LogP contribution >= 0.6 is 0 Å². The maximum Gasteiger partial charge on any atom is 0.407 e. The molecule has 0 aliphatic carbocycles. The van der Waals surface area contributed by atoms with Gasteiger partial charge in [0.2, 0.25) is 0 Å². The Balaban J connectivity index is 2.98. The van der Waals surface area contributed by atoms with Crippen molar-refractivity contribution in [2.75, 3.05) is 20.8 Å². The molecule has 0 aromatic heterocycles. The second-order valence-corrected chi connectivity index (χ2v) is 4.08. The molecule has 0 radical (unpaired) electrons. The lowest BCUT2D eigenvalue weighted by molar-refractivity contribution is -0.152. The zero-order chi connectivity index (χ0) is 15.8. The normalized spacial score (nSPS) is 13.0. The number of aliphatic hydroxyl groups is 1. The van der Waals surface area contributed by atoms with Crippen LogP contribution in [-0.4, -0.2) is 44.1 Å². The molecule has 1 rings (SSSR count). The molecule has 7 heteroatoms. The summed E-state index contributed by atoms with van der Waals surface area (Å²) in [6.45, 7) is 1.83. The molecule has 0 aliphatic heterocycles. The van der Waals surface area contributed by atoms with E-state index in [-0.39, 0.29) is 6.61 Å². The van der Waals surface area contributed by atoms with Crippen LogP contribution in [0.3, 0.4) is 0 Å². The molecular weight excluding hydrogens is 278 g/mol. The van der Waals surface area contributed by atoms with Crippen molar-refractivity contribution in [1.82, 2.24) is 5.32 Å². The highest BCUT2D eigenvalue weighted by molar-refractivity contribution is 5.77. The lowest BCUT2D eigenvalue weighted by Crippen LogP contribution is -2.41. The number of hydrogen-bond acceptors (Lipinski definition) is 6. The van der Waals surface area contributed by atoms with Crippen LogP contribution < -0.4 is 10.1 Å². The number of nitrogens with one attached hydrogen (secondary N) is 1. The minimum Gasteiger partial charge on any atom is -0.497 e. The molecule has 7 nitrogen and oxygen atoms in total. The molecule has 0 saturated carbocycles. The average Bonchev–Trinajstić information content (AvgIpc) is 2.51. The third-order valence-corrected chi connectivity index (χ3v) is 2.78. The summed E-state index contributed by atoms with van der Waals surface area (Å²) in [7, 11) is 2.67. The van der Waals surface area contributed by atoms with E-state index in [4.69, 9.17) is 9.47 Å². The van der Waals surface area contributed by atoms with Crippen LogP contribution in [0.5, 0.6) is 5.75 Å². The Morgan fingerprint density at radius 2 is 1.86 bits per heavy atom. The highest BCUT2D eigenvalue weighted by Gasteiger charge is 2.30. The van der Waals surface area contributed by atoms with E-state index in [9.17, 15) is 14.7 Å². The van der Waals surface area contributed by atoms with Gasteiger partial charge in [-0.05, 0) is 24.6 Å². The van der Waals surface area contributed by atoms with Gasteiger partial charge in [0.25, 0.3) is 0 Å². The van der Waals surface area contributed by atoms with Crippen LogP contribution in [-0.2, 0) is 14.3 Å². The number of hydrogen-bond donors (Lipinski definition) is 2. The van der Waals surface area contributed by atoms with Gasteiger partial charge in [-0.25, -0.2) is 9.59 Å². The van der Waals surface area contributed by atoms with E-state index in [2.05, 4.69) is 10.1 Å². The molecule has 2 atom stereocenters. The Bertz CT molecular complexity index is 473. The Morgan fingerprint density at radius 1 is 1.24 bits per heavy atom. The molecule has 0 heterocycles. The molecular formula is C14H19NO6. The summed E-state index contributed by atoms with van der Waals surface area (Å²) in [6, 6.07) is 5.57. The molecule has 0 aliphatic rings. The zero-order valence-corrected chi connectivity index (χ0v) is 12.2. The average molecular weight is 297 g/mol. The van der Waals surface area contributed by atoms with Gasteiger partial charge in [0.15, 0.2) is 6.10 Å². The predicted molar refractivity (Wildman–Crippen MR) is 73.9 cm³/mol. The number of esters is 1. The van der Waals surface area contributed by atoms with Crippen LogP contribution in [0.15, 0.2) is 24.3 Å². The number of benzene rings is 1. The second-order valence-electron chi connectivity index (χ2n) is 4.08. The minimum atomic E-state index is -1.55. The van der Waals surface area contributed by atoms with Gasteiger partial charge >= 0.3 is 12.1 Å². The number of ether oxygens (including phenoxy) is 3. The molecule has 1 aromatic carbocycles. The summed E-state index contributed by atoms with van der Waals surface area (Å²) >= 11 is 0. The van der Waals surface area contributed by atoms with E-state index in [1.54, 1.807) is 31.2 Å². The number of alkyl carbamates (subject to hydrolysis) is 1. The van der Waals surface area contributed by atoms with Gasteiger partial charge in [-0.3, -0.25) is 0 Å². The molecule has 21 heavy (non-hydrogen) atoms. The number of methoxy groups -OCH3 is 2. The third-order valence-electron chi connectivity index (χ3n) is 2.78. The van der Waals surface area contributed by atoms with Crippen molar-refractivity contribution in [2.45, 2.75) is 19.1 Å². The van der Waals surface area contributed by atoms with Crippen molar-refractivity contribution in [1.29, 1.82) is 0 Å². The van der Waals surface area contributed by atoms with Crippen LogP contribution in [0.25, 0.3) is 0 Å². The molecule has 0 fully saturated rings. The zero-order valence-electron chi connectivity index (χ0n) is 12.2. The first kappa shape index (κ1) is 16.8. The lowest BCUT2D eigenvalue weighted by Gasteiger charge is -2.22. The molecule has 0 unspecified atom stereocenters. The van der Waals surface area contributed by atoms with Crippen molar-refractivity contribution in [2.24, 2.45) is 0 Å². The van der Waals surface area contributed by atoms with Crippen molar-refractivity contribution >= 4 is 12.1 Å². The number of amides is 1. The van der Waals surface area contributed by atoms with E-state index >= 15 is 0 Å². The number of aliphatic hydroxyl groups excluding tert-OH is 1. The maximum atomic E-state index is 11.5. The number of rotatable bonds is 6. The largest absolute Gasteiger partial charge is 0.497 e. The quantitative estimate of drug-likeness (QED) is 0.761. The summed E-state index contributed by atoms with van der Waals surface area (Å²) in [4.78, 5) is 23.0. The lowest BCUT2D eigenvalue weighted by atomic mass is 10.0. The third kappa shape index (κ3) is 4.64. The van der Waals surface area contributed by atoms with Crippen molar-refractivity contribution < 1.29 is 28.9 Å². The topological polar surface area (TPSA) is 94.1 Å². The molecule has 0 bridgehead atoms. The maximum absolute atomic E-state index is 11.5. The van der Waals surface area contributed by atoms with Crippen molar-refractivity contribution in [3.63, 3.8) is 0 Å². The Kier molecular flexibility index (Phi) is 6.48. The SMILES string of the molecule is CCOC(=O)N[C@H](c1ccc(OC)cc1)[C@H](O)C(=O)OC. The van der Waals surface area contributed by atoms with Gasteiger partial charge in [0.1, 0.15) is 5.75 Å². The number of carbonyl (C=O) groups excluding carboxylic acids is 2. The van der Waals surface area contributed by atoms with Gasteiger partial charge < -0.3 is 24.6 Å².